The summed E-state index contributed by atoms with van der Waals surface area (Å²) in [6.07, 6.45) is 8.10. The molecule has 0 aliphatic heterocycles. The first-order chi connectivity index (χ1) is 9.19. The van der Waals surface area contributed by atoms with E-state index in [1.807, 2.05) is 0 Å². The van der Waals surface area contributed by atoms with E-state index in [9.17, 15) is 5.26 Å². The fraction of sp³-hybridized carbons (Fsp3) is 0.938. The molecule has 3 unspecified atom stereocenters. The van der Waals surface area contributed by atoms with Crippen molar-refractivity contribution in [2.24, 2.45) is 5.92 Å². The lowest BCUT2D eigenvalue weighted by atomic mass is 9.99. The molecule has 1 rings (SSSR count). The number of hydrogen-bond acceptors (Lipinski definition) is 3. The van der Waals surface area contributed by atoms with Crippen molar-refractivity contribution in [2.75, 3.05) is 13.2 Å². The first-order valence-electron chi connectivity index (χ1n) is 7.97. The number of ether oxygens (including phenoxy) is 1. The zero-order valence-electron chi connectivity index (χ0n) is 12.9. The summed E-state index contributed by atoms with van der Waals surface area (Å²) in [6.45, 7) is 8.27. The van der Waals surface area contributed by atoms with Gasteiger partial charge in [-0.2, -0.15) is 5.26 Å². The Kier molecular flexibility index (Phi) is 7.41. The minimum Gasteiger partial charge on any atom is -0.378 e. The fourth-order valence-corrected chi connectivity index (χ4v) is 2.95. The lowest BCUT2D eigenvalue weighted by Gasteiger charge is -2.22. The van der Waals surface area contributed by atoms with Crippen LogP contribution in [-0.2, 0) is 4.74 Å². The van der Waals surface area contributed by atoms with E-state index in [1.54, 1.807) is 0 Å². The van der Waals surface area contributed by atoms with Gasteiger partial charge < -0.3 is 4.74 Å². The van der Waals surface area contributed by atoms with Crippen LogP contribution in [-0.4, -0.2) is 24.8 Å². The molecule has 1 fully saturated rings. The predicted molar refractivity (Wildman–Crippen MR) is 78.9 cm³/mol. The van der Waals surface area contributed by atoms with Crippen LogP contribution in [0.1, 0.15) is 65.7 Å². The van der Waals surface area contributed by atoms with Gasteiger partial charge in [-0.15, -0.1) is 0 Å². The number of hydrogen-bond donors (Lipinski definition) is 1. The van der Waals surface area contributed by atoms with Crippen molar-refractivity contribution in [3.8, 4) is 6.07 Å². The van der Waals surface area contributed by atoms with E-state index in [0.29, 0.717) is 5.92 Å². The van der Waals surface area contributed by atoms with Crippen molar-refractivity contribution in [2.45, 2.75) is 77.4 Å². The maximum Gasteiger partial charge on any atom is 0.109 e. The molecule has 19 heavy (non-hydrogen) atoms. The zero-order chi connectivity index (χ0) is 14.1. The van der Waals surface area contributed by atoms with Gasteiger partial charge in [-0.3, -0.25) is 5.32 Å². The largest absolute Gasteiger partial charge is 0.378 e. The molecule has 3 heteroatoms. The highest BCUT2D eigenvalue weighted by Crippen LogP contribution is 2.32. The minimum atomic E-state index is -0.329. The molecule has 0 bridgehead atoms. The molecule has 1 saturated carbocycles. The normalized spacial score (nSPS) is 28.2. The van der Waals surface area contributed by atoms with Crippen molar-refractivity contribution in [3.05, 3.63) is 0 Å². The van der Waals surface area contributed by atoms with E-state index in [0.717, 1.165) is 32.4 Å². The molecule has 0 aromatic carbocycles. The Morgan fingerprint density at radius 1 is 1.42 bits per heavy atom. The standard InChI is InChI=1S/C16H30N2O/c1-4-7-8-14(5-2)12-19-15-9-10-16(11-15,13-17)18-6-3/h14-15,18H,4-12H2,1-3H3. The first-order valence-corrected chi connectivity index (χ1v) is 7.97. The third-order valence-electron chi connectivity index (χ3n) is 4.31. The van der Waals surface area contributed by atoms with Crippen LogP contribution in [0.4, 0.5) is 0 Å². The van der Waals surface area contributed by atoms with Gasteiger partial charge in [0.15, 0.2) is 0 Å². The molecule has 0 amide bonds. The van der Waals surface area contributed by atoms with Gasteiger partial charge in [0.05, 0.1) is 12.2 Å². The first kappa shape index (κ1) is 16.5. The highest BCUT2D eigenvalue weighted by molar-refractivity contribution is 5.12. The van der Waals surface area contributed by atoms with Crippen molar-refractivity contribution in [1.29, 1.82) is 5.26 Å². The maximum absolute atomic E-state index is 9.34. The Balaban J connectivity index is 2.33. The highest BCUT2D eigenvalue weighted by atomic mass is 16.5. The van der Waals surface area contributed by atoms with Gasteiger partial charge in [0.2, 0.25) is 0 Å². The van der Waals surface area contributed by atoms with Crippen LogP contribution in [0.2, 0.25) is 0 Å². The van der Waals surface area contributed by atoms with Crippen LogP contribution in [0, 0.1) is 17.2 Å². The van der Waals surface area contributed by atoms with E-state index in [-0.39, 0.29) is 11.6 Å². The second-order valence-electron chi connectivity index (χ2n) is 5.84. The van der Waals surface area contributed by atoms with Gasteiger partial charge in [0, 0.05) is 13.0 Å². The summed E-state index contributed by atoms with van der Waals surface area (Å²) < 4.78 is 6.07. The average molecular weight is 266 g/mol. The molecular weight excluding hydrogens is 236 g/mol. The second-order valence-corrected chi connectivity index (χ2v) is 5.84. The molecule has 1 N–H and O–H groups in total. The van der Waals surface area contributed by atoms with Gasteiger partial charge in [0.25, 0.3) is 0 Å². The summed E-state index contributed by atoms with van der Waals surface area (Å²) in [5.41, 5.74) is -0.329. The third-order valence-corrected chi connectivity index (χ3v) is 4.31. The lowest BCUT2D eigenvalue weighted by Crippen LogP contribution is -2.41. The lowest BCUT2D eigenvalue weighted by molar-refractivity contribution is 0.0273. The van der Waals surface area contributed by atoms with Crippen LogP contribution in [0.15, 0.2) is 0 Å². The molecule has 0 aromatic rings. The van der Waals surface area contributed by atoms with E-state index in [4.69, 9.17) is 4.74 Å². The fourth-order valence-electron chi connectivity index (χ4n) is 2.95. The molecule has 0 saturated heterocycles. The average Bonchev–Trinajstić information content (AvgIpc) is 2.84. The number of rotatable bonds is 9. The van der Waals surface area contributed by atoms with E-state index >= 15 is 0 Å². The monoisotopic (exact) mass is 266 g/mol. The molecule has 1 aliphatic rings. The van der Waals surface area contributed by atoms with Crippen LogP contribution >= 0.6 is 0 Å². The van der Waals surface area contributed by atoms with Gasteiger partial charge in [-0.25, -0.2) is 0 Å². The maximum atomic E-state index is 9.34. The van der Waals surface area contributed by atoms with Crippen molar-refractivity contribution >= 4 is 0 Å². The van der Waals surface area contributed by atoms with Crippen LogP contribution < -0.4 is 5.32 Å². The molecule has 110 valence electrons. The Morgan fingerprint density at radius 3 is 2.79 bits per heavy atom. The van der Waals surface area contributed by atoms with E-state index < -0.39 is 0 Å². The summed E-state index contributed by atoms with van der Waals surface area (Å²) in [4.78, 5) is 0. The van der Waals surface area contributed by atoms with Gasteiger partial charge in [-0.05, 0) is 31.7 Å². The molecule has 3 nitrogen and oxygen atoms in total. The zero-order valence-corrected chi connectivity index (χ0v) is 12.9. The van der Waals surface area contributed by atoms with E-state index in [1.165, 1.54) is 25.7 Å². The molecule has 0 aromatic heterocycles. The predicted octanol–water partition coefficient (Wildman–Crippen LogP) is 3.64. The van der Waals surface area contributed by atoms with Crippen LogP contribution in [0.25, 0.3) is 0 Å². The number of nitrogens with one attached hydrogen (secondary N) is 1. The molecule has 3 atom stereocenters. The van der Waals surface area contributed by atoms with Crippen LogP contribution in [0.3, 0.4) is 0 Å². The molecule has 1 aliphatic carbocycles. The van der Waals surface area contributed by atoms with Gasteiger partial charge in [0.1, 0.15) is 5.54 Å². The van der Waals surface area contributed by atoms with Crippen LogP contribution in [0.5, 0.6) is 0 Å². The Bertz CT molecular complexity index is 287. The quantitative estimate of drug-likeness (QED) is 0.693. The van der Waals surface area contributed by atoms with Crippen molar-refractivity contribution in [3.63, 3.8) is 0 Å². The number of nitrogens with zero attached hydrogens (tertiary/aromatic N) is 1. The SMILES string of the molecule is CCCCC(CC)COC1CCC(C#N)(NCC)C1. The number of unbranched alkanes of at least 4 members (excludes halogenated alkanes) is 1. The summed E-state index contributed by atoms with van der Waals surface area (Å²) >= 11 is 0. The smallest absolute Gasteiger partial charge is 0.109 e. The Morgan fingerprint density at radius 2 is 2.21 bits per heavy atom. The second kappa shape index (κ2) is 8.55. The molecule has 0 radical (unpaired) electrons. The topological polar surface area (TPSA) is 45.0 Å². The number of nitriles is 1. The summed E-state index contributed by atoms with van der Waals surface area (Å²) in [5, 5.41) is 12.7. The van der Waals surface area contributed by atoms with Gasteiger partial charge >= 0.3 is 0 Å². The molecular formula is C16H30N2O. The van der Waals surface area contributed by atoms with Crippen molar-refractivity contribution in [1.82, 2.24) is 5.32 Å². The minimum absolute atomic E-state index is 0.273. The summed E-state index contributed by atoms with van der Waals surface area (Å²) in [7, 11) is 0. The Hall–Kier alpha value is -0.590. The Labute approximate surface area is 118 Å². The van der Waals surface area contributed by atoms with E-state index in [2.05, 4.69) is 32.2 Å². The van der Waals surface area contributed by atoms with Gasteiger partial charge in [-0.1, -0.05) is 40.0 Å². The molecule has 0 heterocycles. The summed E-state index contributed by atoms with van der Waals surface area (Å²) in [5.74, 6) is 0.691. The summed E-state index contributed by atoms with van der Waals surface area (Å²) in [6, 6.07) is 2.45. The molecule has 0 spiro atoms. The third kappa shape index (κ3) is 5.12. The highest BCUT2D eigenvalue weighted by Gasteiger charge is 2.39. The van der Waals surface area contributed by atoms with Crippen molar-refractivity contribution < 1.29 is 4.74 Å².